The van der Waals surface area contributed by atoms with Crippen molar-refractivity contribution in [3.05, 3.63) is 77.5 Å². The summed E-state index contributed by atoms with van der Waals surface area (Å²) in [5, 5.41) is 13.2. The molecular weight excluding hydrogens is 350 g/mol. The summed E-state index contributed by atoms with van der Waals surface area (Å²) in [6.45, 7) is 1.76. The summed E-state index contributed by atoms with van der Waals surface area (Å²) in [4.78, 5) is 12.3. The van der Waals surface area contributed by atoms with Gasteiger partial charge in [0.15, 0.2) is 0 Å². The second-order valence-corrected chi connectivity index (χ2v) is 6.49. The van der Waals surface area contributed by atoms with Gasteiger partial charge in [0.25, 0.3) is 5.91 Å². The van der Waals surface area contributed by atoms with Gasteiger partial charge in [-0.15, -0.1) is 0 Å². The Balaban J connectivity index is 1.88. The van der Waals surface area contributed by atoms with E-state index in [4.69, 9.17) is 4.74 Å². The second-order valence-electron chi connectivity index (χ2n) is 6.49. The van der Waals surface area contributed by atoms with Crippen molar-refractivity contribution in [1.29, 1.82) is 5.26 Å². The van der Waals surface area contributed by atoms with Crippen LogP contribution in [-0.4, -0.2) is 30.7 Å². The number of methoxy groups -OCH3 is 1. The first-order valence-electron chi connectivity index (χ1n) is 9.23. The Kier molecular flexibility index (Phi) is 6.61. The molecule has 1 amide bonds. The third kappa shape index (κ3) is 4.67. The van der Waals surface area contributed by atoms with Gasteiger partial charge in [0.2, 0.25) is 0 Å². The van der Waals surface area contributed by atoms with Crippen LogP contribution in [0, 0.1) is 11.3 Å². The van der Waals surface area contributed by atoms with Crippen molar-refractivity contribution in [2.75, 3.05) is 20.3 Å². The summed E-state index contributed by atoms with van der Waals surface area (Å²) in [5.74, 6) is -0.363. The minimum atomic E-state index is -0.363. The van der Waals surface area contributed by atoms with Crippen molar-refractivity contribution in [2.45, 2.75) is 13.0 Å². The zero-order valence-corrected chi connectivity index (χ0v) is 15.9. The Labute approximate surface area is 164 Å². The van der Waals surface area contributed by atoms with Crippen LogP contribution in [0.25, 0.3) is 17.0 Å². The van der Waals surface area contributed by atoms with Crippen LogP contribution in [0.3, 0.4) is 0 Å². The maximum atomic E-state index is 12.3. The molecule has 0 fully saturated rings. The van der Waals surface area contributed by atoms with Crippen LogP contribution in [0.15, 0.2) is 66.4 Å². The lowest BCUT2D eigenvalue weighted by Gasteiger charge is -2.05. The molecule has 1 heterocycles. The van der Waals surface area contributed by atoms with E-state index in [0.717, 1.165) is 23.0 Å². The number of para-hydroxylation sites is 1. The molecule has 0 aliphatic rings. The zero-order chi connectivity index (χ0) is 19.8. The summed E-state index contributed by atoms with van der Waals surface area (Å²) >= 11 is 0. The Morgan fingerprint density at radius 1 is 1.18 bits per heavy atom. The smallest absolute Gasteiger partial charge is 0.261 e. The van der Waals surface area contributed by atoms with E-state index in [2.05, 4.69) is 22.0 Å². The van der Waals surface area contributed by atoms with Gasteiger partial charge in [0.05, 0.1) is 0 Å². The predicted octanol–water partition coefficient (Wildman–Crippen LogP) is 3.75. The molecule has 0 unspecified atom stereocenters. The van der Waals surface area contributed by atoms with E-state index < -0.39 is 0 Å². The first-order chi connectivity index (χ1) is 13.7. The molecule has 28 heavy (non-hydrogen) atoms. The maximum absolute atomic E-state index is 12.3. The third-order valence-corrected chi connectivity index (χ3v) is 4.49. The molecule has 0 radical (unpaired) electrons. The van der Waals surface area contributed by atoms with E-state index >= 15 is 0 Å². The lowest BCUT2D eigenvalue weighted by atomic mass is 10.1. The molecular formula is C23H23N3O2. The van der Waals surface area contributed by atoms with Crippen molar-refractivity contribution in [2.24, 2.45) is 0 Å². The highest BCUT2D eigenvalue weighted by atomic mass is 16.5. The van der Waals surface area contributed by atoms with Crippen LogP contribution >= 0.6 is 0 Å². The number of hydrogen-bond acceptors (Lipinski definition) is 3. The molecule has 3 rings (SSSR count). The van der Waals surface area contributed by atoms with Gasteiger partial charge in [-0.25, -0.2) is 0 Å². The highest BCUT2D eigenvalue weighted by molar-refractivity contribution is 6.04. The van der Waals surface area contributed by atoms with Gasteiger partial charge < -0.3 is 14.6 Å². The van der Waals surface area contributed by atoms with Gasteiger partial charge in [-0.1, -0.05) is 48.5 Å². The number of benzene rings is 2. The van der Waals surface area contributed by atoms with Crippen LogP contribution in [-0.2, 0) is 16.1 Å². The predicted molar refractivity (Wildman–Crippen MR) is 111 cm³/mol. The quantitative estimate of drug-likeness (QED) is 0.371. The minimum absolute atomic E-state index is 0.0973. The average Bonchev–Trinajstić information content (AvgIpc) is 3.07. The molecule has 0 aliphatic heterocycles. The molecule has 0 atom stereocenters. The van der Waals surface area contributed by atoms with E-state index in [9.17, 15) is 10.1 Å². The second kappa shape index (κ2) is 9.54. The largest absolute Gasteiger partial charge is 0.385 e. The molecule has 3 aromatic rings. The number of hydrogen-bond donors (Lipinski definition) is 1. The van der Waals surface area contributed by atoms with Crippen LogP contribution in [0.4, 0.5) is 0 Å². The topological polar surface area (TPSA) is 67.0 Å². The summed E-state index contributed by atoms with van der Waals surface area (Å²) in [7, 11) is 1.62. The van der Waals surface area contributed by atoms with E-state index in [1.807, 2.05) is 54.7 Å². The fraction of sp³-hybridized carbons (Fsp3) is 0.217. The number of rotatable bonds is 8. The van der Waals surface area contributed by atoms with E-state index in [1.54, 1.807) is 13.2 Å². The summed E-state index contributed by atoms with van der Waals surface area (Å²) in [6, 6.07) is 20.2. The van der Waals surface area contributed by atoms with Crippen LogP contribution in [0.5, 0.6) is 0 Å². The minimum Gasteiger partial charge on any atom is -0.385 e. The van der Waals surface area contributed by atoms with E-state index in [1.165, 1.54) is 5.56 Å². The molecule has 0 saturated carbocycles. The van der Waals surface area contributed by atoms with Crippen LogP contribution in [0.1, 0.15) is 17.5 Å². The summed E-state index contributed by atoms with van der Waals surface area (Å²) < 4.78 is 7.11. The number of carbonyl (C=O) groups excluding carboxylic acids is 1. The highest BCUT2D eigenvalue weighted by Gasteiger charge is 2.12. The van der Waals surface area contributed by atoms with E-state index in [-0.39, 0.29) is 11.5 Å². The molecule has 0 saturated heterocycles. The van der Waals surface area contributed by atoms with Gasteiger partial charge in [-0.2, -0.15) is 5.26 Å². The fourth-order valence-corrected chi connectivity index (χ4v) is 3.12. The van der Waals surface area contributed by atoms with Crippen molar-refractivity contribution in [3.8, 4) is 6.07 Å². The molecule has 1 N–H and O–H groups in total. The van der Waals surface area contributed by atoms with Crippen LogP contribution in [0.2, 0.25) is 0 Å². The number of nitrogens with one attached hydrogen (secondary N) is 1. The lowest BCUT2D eigenvalue weighted by Crippen LogP contribution is -2.26. The average molecular weight is 373 g/mol. The number of nitrogens with zero attached hydrogens (tertiary/aromatic N) is 2. The fourth-order valence-electron chi connectivity index (χ4n) is 3.12. The molecule has 5 nitrogen and oxygen atoms in total. The Morgan fingerprint density at radius 2 is 1.93 bits per heavy atom. The van der Waals surface area contributed by atoms with Gasteiger partial charge >= 0.3 is 0 Å². The lowest BCUT2D eigenvalue weighted by molar-refractivity contribution is -0.117. The SMILES string of the molecule is COCCCNC(=O)/C(C#N)=C/c1cn(Cc2ccccc2)c2ccccc12. The zero-order valence-electron chi connectivity index (χ0n) is 15.9. The summed E-state index contributed by atoms with van der Waals surface area (Å²) in [5.41, 5.74) is 3.21. The normalized spacial score (nSPS) is 11.4. The Hall–Kier alpha value is -3.36. The molecule has 2 aromatic carbocycles. The number of nitriles is 1. The Morgan fingerprint density at radius 3 is 2.68 bits per heavy atom. The van der Waals surface area contributed by atoms with Gasteiger partial charge in [-0.05, 0) is 24.1 Å². The molecule has 142 valence electrons. The van der Waals surface area contributed by atoms with Crippen molar-refractivity contribution in [3.63, 3.8) is 0 Å². The number of fused-ring (bicyclic) bond motifs is 1. The first kappa shape index (κ1) is 19.4. The molecule has 0 spiro atoms. The first-order valence-corrected chi connectivity index (χ1v) is 9.23. The summed E-state index contributed by atoms with van der Waals surface area (Å²) in [6.07, 6.45) is 4.36. The van der Waals surface area contributed by atoms with Crippen LogP contribution < -0.4 is 5.32 Å². The van der Waals surface area contributed by atoms with Crippen molar-refractivity contribution in [1.82, 2.24) is 9.88 Å². The molecule has 5 heteroatoms. The van der Waals surface area contributed by atoms with Gasteiger partial charge in [0.1, 0.15) is 11.6 Å². The van der Waals surface area contributed by atoms with E-state index in [0.29, 0.717) is 19.6 Å². The Bertz CT molecular complexity index is 1010. The highest BCUT2D eigenvalue weighted by Crippen LogP contribution is 2.24. The number of aromatic nitrogens is 1. The molecule has 0 bridgehead atoms. The van der Waals surface area contributed by atoms with Crippen molar-refractivity contribution < 1.29 is 9.53 Å². The third-order valence-electron chi connectivity index (χ3n) is 4.49. The number of ether oxygens (including phenoxy) is 1. The van der Waals surface area contributed by atoms with Crippen molar-refractivity contribution >= 4 is 22.9 Å². The standard InChI is InChI=1S/C23H23N3O2/c1-28-13-7-12-25-23(27)19(15-24)14-20-17-26(16-18-8-3-2-4-9-18)22-11-6-5-10-21(20)22/h2-6,8-11,14,17H,7,12-13,16H2,1H3,(H,25,27)/b19-14+. The number of carbonyl (C=O) groups is 1. The monoisotopic (exact) mass is 373 g/mol. The maximum Gasteiger partial charge on any atom is 0.261 e. The van der Waals surface area contributed by atoms with Gasteiger partial charge in [0, 0.05) is 49.5 Å². The molecule has 0 aliphatic carbocycles. The molecule has 1 aromatic heterocycles. The number of amides is 1. The van der Waals surface area contributed by atoms with Gasteiger partial charge in [-0.3, -0.25) is 4.79 Å².